The lowest BCUT2D eigenvalue weighted by molar-refractivity contribution is -0.126. The minimum Gasteiger partial charge on any atom is -0.356 e. The molecule has 1 heterocycles. The highest BCUT2D eigenvalue weighted by Gasteiger charge is 2.38. The van der Waals surface area contributed by atoms with Gasteiger partial charge in [0.1, 0.15) is 5.82 Å². The lowest BCUT2D eigenvalue weighted by Crippen LogP contribution is -2.49. The number of nitrogens with one attached hydrogen (secondary N) is 1. The fourth-order valence-electron chi connectivity index (χ4n) is 3.13. The fourth-order valence-corrected chi connectivity index (χ4v) is 5.08. The van der Waals surface area contributed by atoms with E-state index in [9.17, 15) is 17.6 Å². The maximum Gasteiger partial charge on any atom is 0.243 e. The molecule has 7 heteroatoms. The van der Waals surface area contributed by atoms with Gasteiger partial charge in [0.15, 0.2) is 0 Å². The summed E-state index contributed by atoms with van der Waals surface area (Å²) < 4.78 is 41.0. The molecule has 0 spiro atoms. The lowest BCUT2D eigenvalue weighted by atomic mass is 9.94. The smallest absolute Gasteiger partial charge is 0.243 e. The molecule has 0 aliphatic carbocycles. The van der Waals surface area contributed by atoms with Gasteiger partial charge in [0, 0.05) is 19.1 Å². The highest BCUT2D eigenvalue weighted by atomic mass is 32.2. The van der Waals surface area contributed by atoms with Gasteiger partial charge in [-0.1, -0.05) is 19.4 Å². The molecule has 1 N–H and O–H groups in total. The molecular weight excluding hydrogens is 343 g/mol. The van der Waals surface area contributed by atoms with Crippen LogP contribution in [0, 0.1) is 18.7 Å². The Morgan fingerprint density at radius 2 is 2.08 bits per heavy atom. The maximum absolute atomic E-state index is 13.6. The number of unbranched alkanes of at least 4 members (excludes halogenated alkanes) is 1. The van der Waals surface area contributed by atoms with Gasteiger partial charge in [0.2, 0.25) is 15.9 Å². The van der Waals surface area contributed by atoms with Crippen molar-refractivity contribution in [1.82, 2.24) is 9.62 Å². The van der Waals surface area contributed by atoms with Gasteiger partial charge in [0.25, 0.3) is 0 Å². The second-order valence-corrected chi connectivity index (χ2v) is 8.61. The standard InChI is InChI=1S/C18H27FN2O3S/c1-4-5-10-20-18(22)15-8-7-14(3)21(12-15)25(23,24)17-11-16(19)9-6-13(17)2/h6,9,11,14-15H,4-5,7-8,10,12H2,1-3H3,(H,20,22). The summed E-state index contributed by atoms with van der Waals surface area (Å²) in [5, 5.41) is 2.88. The number of rotatable bonds is 6. The molecule has 1 aromatic rings. The molecule has 1 aromatic carbocycles. The molecule has 25 heavy (non-hydrogen) atoms. The van der Waals surface area contributed by atoms with E-state index in [4.69, 9.17) is 0 Å². The van der Waals surface area contributed by atoms with Crippen molar-refractivity contribution in [3.63, 3.8) is 0 Å². The van der Waals surface area contributed by atoms with Crippen LogP contribution < -0.4 is 5.32 Å². The van der Waals surface area contributed by atoms with Gasteiger partial charge in [-0.2, -0.15) is 4.31 Å². The van der Waals surface area contributed by atoms with Crippen molar-refractivity contribution in [3.8, 4) is 0 Å². The zero-order valence-electron chi connectivity index (χ0n) is 15.1. The predicted molar refractivity (Wildman–Crippen MR) is 95.1 cm³/mol. The number of sulfonamides is 1. The van der Waals surface area contributed by atoms with Gasteiger partial charge in [-0.15, -0.1) is 0 Å². The third-order valence-corrected chi connectivity index (χ3v) is 6.88. The van der Waals surface area contributed by atoms with E-state index in [-0.39, 0.29) is 29.3 Å². The number of amides is 1. The quantitative estimate of drug-likeness (QED) is 0.783. The number of carbonyl (C=O) groups excluding carboxylic acids is 1. The molecule has 2 atom stereocenters. The van der Waals surface area contributed by atoms with Gasteiger partial charge in [-0.3, -0.25) is 4.79 Å². The summed E-state index contributed by atoms with van der Waals surface area (Å²) in [4.78, 5) is 12.3. The van der Waals surface area contributed by atoms with Crippen LogP contribution in [0.2, 0.25) is 0 Å². The summed E-state index contributed by atoms with van der Waals surface area (Å²) in [6.07, 6.45) is 3.16. The summed E-state index contributed by atoms with van der Waals surface area (Å²) in [5.74, 6) is -1.05. The first kappa shape index (κ1) is 19.8. The Balaban J connectivity index is 2.21. The van der Waals surface area contributed by atoms with Crippen molar-refractivity contribution >= 4 is 15.9 Å². The first-order chi connectivity index (χ1) is 11.8. The Labute approximate surface area is 149 Å². The van der Waals surface area contributed by atoms with Crippen LogP contribution >= 0.6 is 0 Å². The van der Waals surface area contributed by atoms with E-state index in [1.54, 1.807) is 6.92 Å². The maximum atomic E-state index is 13.6. The molecule has 1 fully saturated rings. The number of halogens is 1. The molecule has 0 bridgehead atoms. The van der Waals surface area contributed by atoms with E-state index in [0.717, 1.165) is 18.9 Å². The second kappa shape index (κ2) is 8.27. The molecule has 2 unspecified atom stereocenters. The normalized spacial score (nSPS) is 21.9. The number of hydrogen-bond acceptors (Lipinski definition) is 3. The van der Waals surface area contributed by atoms with Crippen LogP contribution in [-0.2, 0) is 14.8 Å². The number of hydrogen-bond donors (Lipinski definition) is 1. The van der Waals surface area contributed by atoms with E-state index < -0.39 is 15.8 Å². The van der Waals surface area contributed by atoms with E-state index in [0.29, 0.717) is 24.9 Å². The summed E-state index contributed by atoms with van der Waals surface area (Å²) in [7, 11) is -3.84. The van der Waals surface area contributed by atoms with Crippen LogP contribution in [0.3, 0.4) is 0 Å². The van der Waals surface area contributed by atoms with Crippen molar-refractivity contribution in [2.24, 2.45) is 5.92 Å². The molecule has 1 amide bonds. The first-order valence-electron chi connectivity index (χ1n) is 8.83. The predicted octanol–water partition coefficient (Wildman–Crippen LogP) is 2.84. The minimum absolute atomic E-state index is 0.0219. The van der Waals surface area contributed by atoms with E-state index in [1.807, 2.05) is 13.8 Å². The molecule has 0 aromatic heterocycles. The Kier molecular flexibility index (Phi) is 6.57. The third-order valence-electron chi connectivity index (χ3n) is 4.76. The topological polar surface area (TPSA) is 66.5 Å². The molecule has 0 radical (unpaired) electrons. The van der Waals surface area contributed by atoms with Crippen LogP contribution in [0.5, 0.6) is 0 Å². The van der Waals surface area contributed by atoms with Crippen molar-refractivity contribution in [2.75, 3.05) is 13.1 Å². The largest absolute Gasteiger partial charge is 0.356 e. The molecule has 140 valence electrons. The van der Waals surface area contributed by atoms with Crippen LogP contribution in [0.4, 0.5) is 4.39 Å². The molecule has 2 rings (SSSR count). The van der Waals surface area contributed by atoms with Crippen LogP contribution in [0.1, 0.15) is 45.1 Å². The van der Waals surface area contributed by atoms with Gasteiger partial charge in [0.05, 0.1) is 10.8 Å². The fraction of sp³-hybridized carbons (Fsp3) is 0.611. The van der Waals surface area contributed by atoms with Crippen LogP contribution in [0.15, 0.2) is 23.1 Å². The highest BCUT2D eigenvalue weighted by Crippen LogP contribution is 2.30. The van der Waals surface area contributed by atoms with E-state index >= 15 is 0 Å². The van der Waals surface area contributed by atoms with Crippen LogP contribution in [0.25, 0.3) is 0 Å². The zero-order chi connectivity index (χ0) is 18.6. The summed E-state index contributed by atoms with van der Waals surface area (Å²) in [5.41, 5.74) is 0.503. The minimum atomic E-state index is -3.84. The molecular formula is C18H27FN2O3S. The molecule has 1 aliphatic rings. The van der Waals surface area contributed by atoms with Gasteiger partial charge in [-0.25, -0.2) is 12.8 Å². The van der Waals surface area contributed by atoms with Crippen molar-refractivity contribution in [1.29, 1.82) is 0 Å². The first-order valence-corrected chi connectivity index (χ1v) is 10.3. The molecule has 1 aliphatic heterocycles. The lowest BCUT2D eigenvalue weighted by Gasteiger charge is -2.36. The van der Waals surface area contributed by atoms with E-state index in [1.165, 1.54) is 16.4 Å². The Hall–Kier alpha value is -1.47. The molecule has 1 saturated heterocycles. The van der Waals surface area contributed by atoms with Crippen molar-refractivity contribution in [2.45, 2.75) is 57.4 Å². The summed E-state index contributed by atoms with van der Waals surface area (Å²) >= 11 is 0. The summed E-state index contributed by atoms with van der Waals surface area (Å²) in [6.45, 7) is 6.27. The highest BCUT2D eigenvalue weighted by molar-refractivity contribution is 7.89. The zero-order valence-corrected chi connectivity index (χ0v) is 15.9. The number of piperidine rings is 1. The average molecular weight is 370 g/mol. The van der Waals surface area contributed by atoms with Crippen molar-refractivity contribution in [3.05, 3.63) is 29.6 Å². The second-order valence-electron chi connectivity index (χ2n) is 6.75. The average Bonchev–Trinajstić information content (AvgIpc) is 2.57. The number of aryl methyl sites for hydroxylation is 1. The Morgan fingerprint density at radius 3 is 2.76 bits per heavy atom. The van der Waals surface area contributed by atoms with Crippen molar-refractivity contribution < 1.29 is 17.6 Å². The van der Waals surface area contributed by atoms with Crippen LogP contribution in [-0.4, -0.2) is 37.8 Å². The molecule has 0 saturated carbocycles. The Morgan fingerprint density at radius 1 is 1.36 bits per heavy atom. The molecule has 5 nitrogen and oxygen atoms in total. The number of carbonyl (C=O) groups is 1. The number of benzene rings is 1. The van der Waals surface area contributed by atoms with E-state index in [2.05, 4.69) is 5.32 Å². The van der Waals surface area contributed by atoms with Gasteiger partial charge < -0.3 is 5.32 Å². The van der Waals surface area contributed by atoms with Gasteiger partial charge in [-0.05, 0) is 50.8 Å². The monoisotopic (exact) mass is 370 g/mol. The Bertz CT molecular complexity index is 721. The number of nitrogens with zero attached hydrogens (tertiary/aromatic N) is 1. The third kappa shape index (κ3) is 4.58. The summed E-state index contributed by atoms with van der Waals surface area (Å²) in [6, 6.07) is 3.55. The SMILES string of the molecule is CCCCNC(=O)C1CCC(C)N(S(=O)(=O)c2cc(F)ccc2C)C1. The van der Waals surface area contributed by atoms with Gasteiger partial charge >= 0.3 is 0 Å².